The lowest BCUT2D eigenvalue weighted by atomic mass is 10.1. The Kier molecular flexibility index (Phi) is 5.42. The quantitative estimate of drug-likeness (QED) is 0.800. The van der Waals surface area contributed by atoms with Crippen LogP contribution < -0.4 is 10.6 Å². The first-order valence-corrected chi connectivity index (χ1v) is 6.32. The van der Waals surface area contributed by atoms with Crippen LogP contribution in [0.25, 0.3) is 0 Å². The normalized spacial score (nSPS) is 10.7. The second-order valence-electron chi connectivity index (χ2n) is 5.18. The Morgan fingerprint density at radius 3 is 2.68 bits per heavy atom. The van der Waals surface area contributed by atoms with Gasteiger partial charge in [0.05, 0.1) is 0 Å². The molecule has 0 aliphatic rings. The fraction of sp³-hybridized carbons (Fsp3) is 0.400. The Morgan fingerprint density at radius 2 is 2.05 bits per heavy atom. The maximum absolute atomic E-state index is 11.6. The van der Waals surface area contributed by atoms with Gasteiger partial charge in [0.25, 0.3) is 0 Å². The van der Waals surface area contributed by atoms with Gasteiger partial charge in [0.15, 0.2) is 0 Å². The van der Waals surface area contributed by atoms with Crippen LogP contribution in [0, 0.1) is 0 Å². The molecule has 0 heterocycles. The molecule has 0 atom stereocenters. The number of hydrogen-bond acceptors (Lipinski definition) is 3. The molecule has 0 aliphatic heterocycles. The van der Waals surface area contributed by atoms with Gasteiger partial charge in [-0.15, -0.1) is 6.58 Å². The van der Waals surface area contributed by atoms with Crippen LogP contribution in [0.3, 0.4) is 0 Å². The van der Waals surface area contributed by atoms with E-state index in [4.69, 9.17) is 4.74 Å². The summed E-state index contributed by atoms with van der Waals surface area (Å²) >= 11 is 0. The number of benzene rings is 1. The van der Waals surface area contributed by atoms with Crippen LogP contribution in [0.2, 0.25) is 0 Å². The zero-order valence-corrected chi connectivity index (χ0v) is 11.8. The maximum Gasteiger partial charge on any atom is 0.407 e. The minimum absolute atomic E-state index is 0.411. The number of alkyl carbamates (subject to hydrolysis) is 1. The number of anilines is 1. The third kappa shape index (κ3) is 5.95. The van der Waals surface area contributed by atoms with E-state index >= 15 is 0 Å². The molecular weight excluding hydrogens is 240 g/mol. The summed E-state index contributed by atoms with van der Waals surface area (Å²) in [4.78, 5) is 11.6. The van der Waals surface area contributed by atoms with Gasteiger partial charge in [-0.1, -0.05) is 24.3 Å². The summed E-state index contributed by atoms with van der Waals surface area (Å²) in [6.07, 6.45) is 1.38. The highest BCUT2D eigenvalue weighted by Gasteiger charge is 2.15. The van der Waals surface area contributed by atoms with Gasteiger partial charge in [0, 0.05) is 18.8 Å². The molecule has 4 heteroatoms. The smallest absolute Gasteiger partial charge is 0.407 e. The van der Waals surface area contributed by atoms with E-state index in [0.717, 1.165) is 11.3 Å². The Labute approximate surface area is 114 Å². The number of carbonyl (C=O) groups is 1. The topological polar surface area (TPSA) is 50.4 Å². The van der Waals surface area contributed by atoms with E-state index in [1.165, 1.54) is 0 Å². The molecule has 0 saturated heterocycles. The lowest BCUT2D eigenvalue weighted by Gasteiger charge is -2.20. The standard InChI is InChI=1S/C15H22N2O2/c1-5-10-16-13-9-7-6-8-12(13)11-17-14(18)19-15(2,3)4/h5-9,16H,1,10-11H2,2-4H3,(H,17,18). The Balaban J connectivity index is 2.57. The maximum atomic E-state index is 11.6. The molecule has 2 N–H and O–H groups in total. The highest BCUT2D eigenvalue weighted by atomic mass is 16.6. The minimum atomic E-state index is -0.481. The average Bonchev–Trinajstić information content (AvgIpc) is 2.32. The summed E-state index contributed by atoms with van der Waals surface area (Å²) in [6.45, 7) is 10.3. The molecule has 0 bridgehead atoms. The third-order valence-corrected chi connectivity index (χ3v) is 2.28. The molecule has 19 heavy (non-hydrogen) atoms. The van der Waals surface area contributed by atoms with Crippen LogP contribution in [-0.2, 0) is 11.3 Å². The molecule has 0 aliphatic carbocycles. The van der Waals surface area contributed by atoms with Gasteiger partial charge in [0.1, 0.15) is 5.60 Å². The third-order valence-electron chi connectivity index (χ3n) is 2.28. The van der Waals surface area contributed by atoms with Gasteiger partial charge < -0.3 is 15.4 Å². The number of para-hydroxylation sites is 1. The molecule has 0 spiro atoms. The van der Waals surface area contributed by atoms with E-state index in [0.29, 0.717) is 13.1 Å². The number of hydrogen-bond donors (Lipinski definition) is 2. The predicted molar refractivity (Wildman–Crippen MR) is 78.2 cm³/mol. The van der Waals surface area contributed by atoms with Crippen molar-refractivity contribution in [2.24, 2.45) is 0 Å². The zero-order chi connectivity index (χ0) is 14.3. The monoisotopic (exact) mass is 262 g/mol. The summed E-state index contributed by atoms with van der Waals surface area (Å²) in [5, 5.41) is 5.97. The number of ether oxygens (including phenoxy) is 1. The van der Waals surface area contributed by atoms with Gasteiger partial charge in [-0.2, -0.15) is 0 Å². The first-order chi connectivity index (χ1) is 8.92. The van der Waals surface area contributed by atoms with Crippen molar-refractivity contribution in [1.82, 2.24) is 5.32 Å². The molecule has 104 valence electrons. The minimum Gasteiger partial charge on any atom is -0.444 e. The summed E-state index contributed by atoms with van der Waals surface area (Å²) in [5.41, 5.74) is 1.51. The molecule has 0 fully saturated rings. The Hall–Kier alpha value is -1.97. The van der Waals surface area contributed by atoms with E-state index in [9.17, 15) is 4.79 Å². The van der Waals surface area contributed by atoms with Gasteiger partial charge >= 0.3 is 6.09 Å². The first kappa shape index (κ1) is 15.1. The molecule has 0 radical (unpaired) electrons. The molecule has 1 aromatic rings. The van der Waals surface area contributed by atoms with Crippen LogP contribution in [-0.4, -0.2) is 18.2 Å². The second-order valence-corrected chi connectivity index (χ2v) is 5.18. The molecular formula is C15H22N2O2. The second kappa shape index (κ2) is 6.83. The predicted octanol–water partition coefficient (Wildman–Crippen LogP) is 3.31. The highest BCUT2D eigenvalue weighted by molar-refractivity contribution is 5.68. The first-order valence-electron chi connectivity index (χ1n) is 6.32. The van der Waals surface area contributed by atoms with Crippen molar-refractivity contribution in [3.63, 3.8) is 0 Å². The molecule has 0 unspecified atom stereocenters. The Morgan fingerprint density at radius 1 is 1.37 bits per heavy atom. The number of carbonyl (C=O) groups excluding carboxylic acids is 1. The fourth-order valence-corrected chi connectivity index (χ4v) is 1.51. The van der Waals surface area contributed by atoms with Crippen molar-refractivity contribution in [3.05, 3.63) is 42.5 Å². The largest absolute Gasteiger partial charge is 0.444 e. The van der Waals surface area contributed by atoms with Gasteiger partial charge in [0.2, 0.25) is 0 Å². The van der Waals surface area contributed by atoms with E-state index in [2.05, 4.69) is 17.2 Å². The molecule has 0 aromatic heterocycles. The van der Waals surface area contributed by atoms with Crippen molar-refractivity contribution < 1.29 is 9.53 Å². The summed E-state index contributed by atoms with van der Waals surface area (Å²) in [7, 11) is 0. The van der Waals surface area contributed by atoms with E-state index < -0.39 is 11.7 Å². The molecule has 1 rings (SSSR count). The van der Waals surface area contributed by atoms with E-state index in [-0.39, 0.29) is 0 Å². The van der Waals surface area contributed by atoms with E-state index in [1.54, 1.807) is 6.08 Å². The van der Waals surface area contributed by atoms with Gasteiger partial charge in [-0.05, 0) is 32.4 Å². The van der Waals surface area contributed by atoms with Crippen LogP contribution in [0.4, 0.5) is 10.5 Å². The van der Waals surface area contributed by atoms with Gasteiger partial charge in [-0.3, -0.25) is 0 Å². The summed E-state index contributed by atoms with van der Waals surface area (Å²) in [6, 6.07) is 7.81. The van der Waals surface area contributed by atoms with Crippen LogP contribution in [0.15, 0.2) is 36.9 Å². The molecule has 1 aromatic carbocycles. The fourth-order valence-electron chi connectivity index (χ4n) is 1.51. The number of amides is 1. The molecule has 1 amide bonds. The van der Waals surface area contributed by atoms with Crippen molar-refractivity contribution in [2.45, 2.75) is 32.9 Å². The van der Waals surface area contributed by atoms with Crippen molar-refractivity contribution in [1.29, 1.82) is 0 Å². The van der Waals surface area contributed by atoms with E-state index in [1.807, 2.05) is 45.0 Å². The van der Waals surface area contributed by atoms with Crippen molar-refractivity contribution in [2.75, 3.05) is 11.9 Å². The number of nitrogens with one attached hydrogen (secondary N) is 2. The van der Waals surface area contributed by atoms with Crippen molar-refractivity contribution in [3.8, 4) is 0 Å². The van der Waals surface area contributed by atoms with Gasteiger partial charge in [-0.25, -0.2) is 4.79 Å². The summed E-state index contributed by atoms with van der Waals surface area (Å²) < 4.78 is 5.19. The summed E-state index contributed by atoms with van der Waals surface area (Å²) in [5.74, 6) is 0. The van der Waals surface area contributed by atoms with Crippen LogP contribution in [0.5, 0.6) is 0 Å². The Bertz CT molecular complexity index is 436. The lowest BCUT2D eigenvalue weighted by molar-refractivity contribution is 0.0523. The SMILES string of the molecule is C=CCNc1ccccc1CNC(=O)OC(C)(C)C. The average molecular weight is 262 g/mol. The highest BCUT2D eigenvalue weighted by Crippen LogP contribution is 2.15. The number of rotatable bonds is 5. The van der Waals surface area contributed by atoms with Crippen LogP contribution >= 0.6 is 0 Å². The molecule has 4 nitrogen and oxygen atoms in total. The lowest BCUT2D eigenvalue weighted by Crippen LogP contribution is -2.32. The van der Waals surface area contributed by atoms with Crippen molar-refractivity contribution >= 4 is 11.8 Å². The zero-order valence-electron chi connectivity index (χ0n) is 11.8. The molecule has 0 saturated carbocycles. The van der Waals surface area contributed by atoms with Crippen LogP contribution in [0.1, 0.15) is 26.3 Å².